The van der Waals surface area contributed by atoms with E-state index in [0.717, 1.165) is 37.4 Å². The summed E-state index contributed by atoms with van der Waals surface area (Å²) in [5, 5.41) is 19.9. The number of benzene rings is 1. The predicted octanol–water partition coefficient (Wildman–Crippen LogP) is 2.14. The zero-order valence-corrected chi connectivity index (χ0v) is 17.7. The average Bonchev–Trinajstić information content (AvgIpc) is 2.70. The number of piperazine rings is 1. The van der Waals surface area contributed by atoms with Crippen molar-refractivity contribution >= 4 is 0 Å². The molecule has 0 spiro atoms. The Bertz CT molecular complexity index is 617. The molecule has 0 aliphatic carbocycles. The fraction of sp³-hybridized carbons (Fsp3) is 0.727. The molecular formula is C22H37N3O3. The van der Waals surface area contributed by atoms with Crippen molar-refractivity contribution < 1.29 is 14.9 Å². The molecule has 3 rings (SSSR count). The van der Waals surface area contributed by atoms with E-state index in [9.17, 15) is 10.2 Å². The molecule has 2 N–H and O–H groups in total. The van der Waals surface area contributed by atoms with Gasteiger partial charge in [-0.2, -0.15) is 0 Å². The molecule has 2 heterocycles. The summed E-state index contributed by atoms with van der Waals surface area (Å²) in [5.74, 6) is 1.03. The number of phenols is 1. The summed E-state index contributed by atoms with van der Waals surface area (Å²) in [5.41, 5.74) is 0.853. The fourth-order valence-corrected chi connectivity index (χ4v) is 4.83. The molecule has 6 heteroatoms. The van der Waals surface area contributed by atoms with Gasteiger partial charge in [0.1, 0.15) is 11.5 Å². The highest BCUT2D eigenvalue weighted by atomic mass is 16.5. The van der Waals surface area contributed by atoms with Crippen molar-refractivity contribution in [1.29, 1.82) is 0 Å². The molecule has 1 aromatic carbocycles. The molecule has 2 fully saturated rings. The fourth-order valence-electron chi connectivity index (χ4n) is 4.83. The second-order valence-electron chi connectivity index (χ2n) is 8.46. The van der Waals surface area contributed by atoms with Gasteiger partial charge in [-0.1, -0.05) is 6.07 Å². The average molecular weight is 392 g/mol. The minimum absolute atomic E-state index is 0.222. The maximum absolute atomic E-state index is 10.3. The van der Waals surface area contributed by atoms with Gasteiger partial charge in [0.25, 0.3) is 0 Å². The third-order valence-corrected chi connectivity index (χ3v) is 6.48. The molecule has 0 saturated carbocycles. The van der Waals surface area contributed by atoms with Crippen LogP contribution in [0.2, 0.25) is 0 Å². The Hall–Kier alpha value is -1.34. The minimum atomic E-state index is 0.222. The summed E-state index contributed by atoms with van der Waals surface area (Å²) in [6.45, 7) is 10.7. The zero-order chi connectivity index (χ0) is 20.1. The van der Waals surface area contributed by atoms with Crippen LogP contribution in [-0.4, -0.2) is 89.5 Å². The van der Waals surface area contributed by atoms with Crippen LogP contribution in [0.3, 0.4) is 0 Å². The highest BCUT2D eigenvalue weighted by molar-refractivity contribution is 5.43. The van der Waals surface area contributed by atoms with Crippen LogP contribution >= 0.6 is 0 Å². The lowest BCUT2D eigenvalue weighted by Gasteiger charge is -2.48. The van der Waals surface area contributed by atoms with Crippen molar-refractivity contribution in [3.05, 3.63) is 23.8 Å². The van der Waals surface area contributed by atoms with Crippen LogP contribution in [0.1, 0.15) is 38.7 Å². The molecule has 0 amide bonds. The van der Waals surface area contributed by atoms with Crippen LogP contribution < -0.4 is 4.74 Å². The number of likely N-dealkylation sites (tertiary alicyclic amines) is 1. The lowest BCUT2D eigenvalue weighted by molar-refractivity contribution is -0.000364. The van der Waals surface area contributed by atoms with E-state index in [1.165, 1.54) is 25.9 Å². The first-order valence-corrected chi connectivity index (χ1v) is 10.7. The Morgan fingerprint density at radius 1 is 1.14 bits per heavy atom. The Kier molecular flexibility index (Phi) is 7.57. The van der Waals surface area contributed by atoms with Gasteiger partial charge < -0.3 is 19.8 Å². The van der Waals surface area contributed by atoms with E-state index in [1.54, 1.807) is 13.2 Å². The number of hydrogen-bond donors (Lipinski definition) is 2. The number of aliphatic hydroxyl groups excluding tert-OH is 1. The molecule has 0 bridgehead atoms. The number of hydrogen-bond acceptors (Lipinski definition) is 6. The standard InChI is InChI=1S/C22H37N3O3/c1-17(2)24-10-7-18(8-11-24)25-13-12-23(15-19(25)9-14-26)16-20-21(27)5-4-6-22(20)28-3/h4-6,17-19,26-27H,7-16H2,1-3H3/t19-/m1/s1. The molecule has 0 radical (unpaired) electrons. The van der Waals surface area contributed by atoms with E-state index < -0.39 is 0 Å². The van der Waals surface area contributed by atoms with Crippen LogP contribution in [0.15, 0.2) is 18.2 Å². The Morgan fingerprint density at radius 2 is 1.89 bits per heavy atom. The Morgan fingerprint density at radius 3 is 2.54 bits per heavy atom. The summed E-state index contributed by atoms with van der Waals surface area (Å²) in [4.78, 5) is 7.60. The number of phenolic OH excluding ortho intramolecular Hbond substituents is 1. The molecule has 2 aliphatic rings. The number of piperidine rings is 1. The van der Waals surface area contributed by atoms with Gasteiger partial charge in [0.15, 0.2) is 0 Å². The van der Waals surface area contributed by atoms with Gasteiger partial charge in [0.05, 0.1) is 7.11 Å². The number of methoxy groups -OCH3 is 1. The van der Waals surface area contributed by atoms with Crippen molar-refractivity contribution in [2.75, 3.05) is 46.4 Å². The maximum atomic E-state index is 10.3. The van der Waals surface area contributed by atoms with Gasteiger partial charge in [-0.25, -0.2) is 0 Å². The largest absolute Gasteiger partial charge is 0.507 e. The number of ether oxygens (including phenoxy) is 1. The van der Waals surface area contributed by atoms with Crippen LogP contribution in [0, 0.1) is 0 Å². The van der Waals surface area contributed by atoms with Crippen molar-refractivity contribution in [1.82, 2.24) is 14.7 Å². The topological polar surface area (TPSA) is 59.4 Å². The highest BCUT2D eigenvalue weighted by Gasteiger charge is 2.34. The number of rotatable bonds is 7. The molecule has 2 saturated heterocycles. The number of nitrogens with zero attached hydrogens (tertiary/aromatic N) is 3. The molecular weight excluding hydrogens is 354 g/mol. The van der Waals surface area contributed by atoms with Gasteiger partial charge in [0.2, 0.25) is 0 Å². The summed E-state index contributed by atoms with van der Waals surface area (Å²) in [6, 6.07) is 7.05. The molecule has 6 nitrogen and oxygen atoms in total. The predicted molar refractivity (Wildman–Crippen MR) is 112 cm³/mol. The van der Waals surface area contributed by atoms with Crippen molar-refractivity contribution in [3.63, 3.8) is 0 Å². The SMILES string of the molecule is COc1cccc(O)c1CN1CCN(C2CCN(C(C)C)CC2)[C@H](CCO)C1. The molecule has 0 aromatic heterocycles. The summed E-state index contributed by atoms with van der Waals surface area (Å²) in [6.07, 6.45) is 3.24. The van der Waals surface area contributed by atoms with E-state index >= 15 is 0 Å². The minimum Gasteiger partial charge on any atom is -0.507 e. The second kappa shape index (κ2) is 9.92. The summed E-state index contributed by atoms with van der Waals surface area (Å²) < 4.78 is 5.45. The molecule has 1 aromatic rings. The smallest absolute Gasteiger partial charge is 0.127 e. The first-order chi connectivity index (χ1) is 13.5. The monoisotopic (exact) mass is 391 g/mol. The van der Waals surface area contributed by atoms with Gasteiger partial charge >= 0.3 is 0 Å². The lowest BCUT2D eigenvalue weighted by atomic mass is 9.97. The van der Waals surface area contributed by atoms with Crippen LogP contribution in [0.25, 0.3) is 0 Å². The van der Waals surface area contributed by atoms with E-state index in [1.807, 2.05) is 12.1 Å². The zero-order valence-electron chi connectivity index (χ0n) is 17.7. The van der Waals surface area contributed by atoms with Crippen LogP contribution in [0.4, 0.5) is 0 Å². The Balaban J connectivity index is 1.63. The van der Waals surface area contributed by atoms with Gasteiger partial charge in [-0.15, -0.1) is 0 Å². The molecule has 1 atom stereocenters. The second-order valence-corrected chi connectivity index (χ2v) is 8.46. The van der Waals surface area contributed by atoms with Gasteiger partial charge in [0, 0.05) is 56.5 Å². The molecule has 0 unspecified atom stereocenters. The van der Waals surface area contributed by atoms with Crippen LogP contribution in [0.5, 0.6) is 11.5 Å². The first kappa shape index (κ1) is 21.4. The van der Waals surface area contributed by atoms with Gasteiger partial charge in [-0.3, -0.25) is 9.80 Å². The lowest BCUT2D eigenvalue weighted by Crippen LogP contribution is -2.58. The normalized spacial score (nSPS) is 23.4. The van der Waals surface area contributed by atoms with Crippen molar-refractivity contribution in [3.8, 4) is 11.5 Å². The summed E-state index contributed by atoms with van der Waals surface area (Å²) >= 11 is 0. The highest BCUT2D eigenvalue weighted by Crippen LogP contribution is 2.30. The quantitative estimate of drug-likeness (QED) is 0.743. The van der Waals surface area contributed by atoms with Gasteiger partial charge in [-0.05, 0) is 58.3 Å². The molecule has 158 valence electrons. The van der Waals surface area contributed by atoms with E-state index in [0.29, 0.717) is 30.4 Å². The number of aliphatic hydroxyl groups is 1. The third kappa shape index (κ3) is 4.98. The molecule has 28 heavy (non-hydrogen) atoms. The van der Waals surface area contributed by atoms with Crippen molar-refractivity contribution in [2.24, 2.45) is 0 Å². The number of aromatic hydroxyl groups is 1. The van der Waals surface area contributed by atoms with Crippen LogP contribution in [-0.2, 0) is 6.54 Å². The van der Waals surface area contributed by atoms with E-state index in [-0.39, 0.29) is 6.61 Å². The first-order valence-electron chi connectivity index (χ1n) is 10.7. The van der Waals surface area contributed by atoms with E-state index in [2.05, 4.69) is 28.5 Å². The third-order valence-electron chi connectivity index (χ3n) is 6.48. The summed E-state index contributed by atoms with van der Waals surface area (Å²) in [7, 11) is 1.65. The maximum Gasteiger partial charge on any atom is 0.127 e. The Labute approximate surface area is 169 Å². The van der Waals surface area contributed by atoms with E-state index in [4.69, 9.17) is 4.74 Å². The molecule has 2 aliphatic heterocycles. The van der Waals surface area contributed by atoms with Crippen molar-refractivity contribution in [2.45, 2.75) is 57.8 Å².